The average Bonchev–Trinajstić information content (AvgIpc) is 2.64. The Morgan fingerprint density at radius 3 is 2.40 bits per heavy atom. The van der Waals surface area contributed by atoms with Crippen molar-refractivity contribution >= 4 is 11.4 Å². The van der Waals surface area contributed by atoms with E-state index in [2.05, 4.69) is 10.2 Å². The topological polar surface area (TPSA) is 67.5 Å². The van der Waals surface area contributed by atoms with Crippen LogP contribution in [0.4, 0.5) is 15.8 Å². The monoisotopic (exact) mass is 338 g/mol. The quantitative estimate of drug-likeness (QED) is 0.451. The number of rotatable bonds is 6. The maximum atomic E-state index is 14.1. The molecule has 4 N–H and O–H groups in total. The van der Waals surface area contributed by atoms with Crippen molar-refractivity contribution in [3.8, 4) is 5.75 Å². The van der Waals surface area contributed by atoms with E-state index in [1.807, 2.05) is 54.6 Å². The SMILES string of the molecule is NC(Cc1ccccc1)c1ccccc1Nc1ccc(OO)cc1F. The Labute approximate surface area is 145 Å². The molecule has 3 rings (SSSR count). The van der Waals surface area contributed by atoms with Crippen molar-refractivity contribution in [2.45, 2.75) is 12.5 Å². The van der Waals surface area contributed by atoms with Crippen LogP contribution in [-0.4, -0.2) is 5.26 Å². The van der Waals surface area contributed by atoms with Gasteiger partial charge in [-0.05, 0) is 35.7 Å². The van der Waals surface area contributed by atoms with E-state index in [0.717, 1.165) is 22.9 Å². The Kier molecular flexibility index (Phi) is 5.28. The molecule has 5 heteroatoms. The first kappa shape index (κ1) is 17.0. The van der Waals surface area contributed by atoms with Crippen LogP contribution in [0.25, 0.3) is 0 Å². The van der Waals surface area contributed by atoms with Crippen LogP contribution in [0.5, 0.6) is 5.75 Å². The summed E-state index contributed by atoms with van der Waals surface area (Å²) >= 11 is 0. The molecule has 0 fully saturated rings. The van der Waals surface area contributed by atoms with E-state index in [1.165, 1.54) is 12.1 Å². The molecule has 0 saturated carbocycles. The summed E-state index contributed by atoms with van der Waals surface area (Å²) in [6.07, 6.45) is 0.680. The van der Waals surface area contributed by atoms with Crippen LogP contribution >= 0.6 is 0 Å². The zero-order chi connectivity index (χ0) is 17.6. The van der Waals surface area contributed by atoms with E-state index in [1.54, 1.807) is 0 Å². The third-order valence-corrected chi connectivity index (χ3v) is 3.97. The summed E-state index contributed by atoms with van der Waals surface area (Å²) in [6.45, 7) is 0. The Morgan fingerprint density at radius 1 is 0.960 bits per heavy atom. The molecule has 25 heavy (non-hydrogen) atoms. The van der Waals surface area contributed by atoms with Crippen molar-refractivity contribution in [1.29, 1.82) is 0 Å². The average molecular weight is 338 g/mol. The molecule has 0 aliphatic rings. The van der Waals surface area contributed by atoms with E-state index in [9.17, 15) is 4.39 Å². The zero-order valence-electron chi connectivity index (χ0n) is 13.5. The van der Waals surface area contributed by atoms with Gasteiger partial charge in [0.05, 0.1) is 5.69 Å². The number of benzene rings is 3. The molecule has 3 aromatic carbocycles. The normalized spacial score (nSPS) is 11.8. The number of halogens is 1. The second kappa shape index (κ2) is 7.79. The van der Waals surface area contributed by atoms with Crippen molar-refractivity contribution in [3.63, 3.8) is 0 Å². The van der Waals surface area contributed by atoms with Crippen molar-refractivity contribution in [2.75, 3.05) is 5.32 Å². The zero-order valence-corrected chi connectivity index (χ0v) is 13.5. The number of nitrogens with one attached hydrogen (secondary N) is 1. The molecular weight excluding hydrogens is 319 g/mol. The first-order valence-corrected chi connectivity index (χ1v) is 7.94. The largest absolute Gasteiger partial charge is 0.353 e. The van der Waals surface area contributed by atoms with Gasteiger partial charge in [-0.15, -0.1) is 0 Å². The lowest BCUT2D eigenvalue weighted by Gasteiger charge is -2.18. The molecule has 0 bridgehead atoms. The summed E-state index contributed by atoms with van der Waals surface area (Å²) in [7, 11) is 0. The van der Waals surface area contributed by atoms with Crippen molar-refractivity contribution in [3.05, 3.63) is 89.7 Å². The molecule has 0 amide bonds. The molecule has 0 aromatic heterocycles. The standard InChI is InChI=1S/C20H19FN2O2/c21-17-13-15(25-24)10-11-20(17)23-19-9-5-4-8-16(19)18(22)12-14-6-2-1-3-7-14/h1-11,13,18,23-24H,12,22H2. The van der Waals surface area contributed by atoms with E-state index < -0.39 is 5.82 Å². The van der Waals surface area contributed by atoms with Crippen LogP contribution in [0.3, 0.4) is 0 Å². The van der Waals surface area contributed by atoms with Gasteiger partial charge in [0.2, 0.25) is 0 Å². The van der Waals surface area contributed by atoms with E-state index in [0.29, 0.717) is 6.42 Å². The highest BCUT2D eigenvalue weighted by Crippen LogP contribution is 2.29. The van der Waals surface area contributed by atoms with Crippen LogP contribution in [-0.2, 0) is 6.42 Å². The van der Waals surface area contributed by atoms with Crippen LogP contribution in [0.1, 0.15) is 17.2 Å². The fourth-order valence-corrected chi connectivity index (χ4v) is 2.71. The second-order valence-corrected chi connectivity index (χ2v) is 5.74. The lowest BCUT2D eigenvalue weighted by Crippen LogP contribution is -2.15. The van der Waals surface area contributed by atoms with Crippen LogP contribution in [0, 0.1) is 5.82 Å². The summed E-state index contributed by atoms with van der Waals surface area (Å²) < 4.78 is 14.1. The van der Waals surface area contributed by atoms with E-state index >= 15 is 0 Å². The summed E-state index contributed by atoms with van der Waals surface area (Å²) in [5.41, 5.74) is 9.43. The molecule has 0 radical (unpaired) electrons. The predicted molar refractivity (Wildman–Crippen MR) is 96.5 cm³/mol. The Hall–Kier alpha value is -2.89. The maximum Gasteiger partial charge on any atom is 0.168 e. The Balaban J connectivity index is 1.83. The summed E-state index contributed by atoms with van der Waals surface area (Å²) in [4.78, 5) is 4.04. The smallest absolute Gasteiger partial charge is 0.168 e. The molecule has 3 aromatic rings. The molecule has 1 atom stereocenters. The summed E-state index contributed by atoms with van der Waals surface area (Å²) in [5.74, 6) is -0.491. The van der Waals surface area contributed by atoms with Crippen LogP contribution < -0.4 is 15.9 Å². The molecule has 0 aliphatic carbocycles. The molecule has 0 heterocycles. The van der Waals surface area contributed by atoms with Gasteiger partial charge in [0, 0.05) is 17.8 Å². The van der Waals surface area contributed by atoms with E-state index in [4.69, 9.17) is 11.0 Å². The summed E-state index contributed by atoms with van der Waals surface area (Å²) in [6, 6.07) is 21.4. The summed E-state index contributed by atoms with van der Waals surface area (Å²) in [5, 5.41) is 11.7. The highest BCUT2D eigenvalue weighted by molar-refractivity contribution is 5.65. The minimum absolute atomic E-state index is 0.0390. The van der Waals surface area contributed by atoms with Crippen LogP contribution in [0.2, 0.25) is 0 Å². The van der Waals surface area contributed by atoms with Gasteiger partial charge in [-0.2, -0.15) is 0 Å². The highest BCUT2D eigenvalue weighted by Gasteiger charge is 2.13. The van der Waals surface area contributed by atoms with Gasteiger partial charge in [0.1, 0.15) is 5.82 Å². The third kappa shape index (κ3) is 4.15. The van der Waals surface area contributed by atoms with Gasteiger partial charge in [-0.25, -0.2) is 9.65 Å². The first-order chi connectivity index (χ1) is 12.2. The number of anilines is 2. The molecule has 0 saturated heterocycles. The molecule has 4 nitrogen and oxygen atoms in total. The highest BCUT2D eigenvalue weighted by atomic mass is 19.1. The van der Waals surface area contributed by atoms with Gasteiger partial charge in [-0.3, -0.25) is 0 Å². The predicted octanol–water partition coefficient (Wildman–Crippen LogP) is 4.66. The number of para-hydroxylation sites is 1. The second-order valence-electron chi connectivity index (χ2n) is 5.74. The fraction of sp³-hybridized carbons (Fsp3) is 0.100. The van der Waals surface area contributed by atoms with Gasteiger partial charge >= 0.3 is 0 Å². The lowest BCUT2D eigenvalue weighted by atomic mass is 9.98. The minimum atomic E-state index is -0.530. The van der Waals surface area contributed by atoms with Crippen molar-refractivity contribution in [1.82, 2.24) is 0 Å². The van der Waals surface area contributed by atoms with Crippen molar-refractivity contribution < 1.29 is 14.5 Å². The minimum Gasteiger partial charge on any atom is -0.353 e. The Bertz CT molecular complexity index is 840. The van der Waals surface area contributed by atoms with Crippen LogP contribution in [0.15, 0.2) is 72.8 Å². The molecule has 128 valence electrons. The first-order valence-electron chi connectivity index (χ1n) is 7.94. The third-order valence-electron chi connectivity index (χ3n) is 3.97. The molecule has 0 aliphatic heterocycles. The number of nitrogens with two attached hydrogens (primary N) is 1. The van der Waals surface area contributed by atoms with E-state index in [-0.39, 0.29) is 17.5 Å². The number of hydrogen-bond acceptors (Lipinski definition) is 4. The van der Waals surface area contributed by atoms with Gasteiger partial charge in [-0.1, -0.05) is 48.5 Å². The molecular formula is C20H19FN2O2. The lowest BCUT2D eigenvalue weighted by molar-refractivity contribution is -0.137. The maximum absolute atomic E-state index is 14.1. The molecule has 0 spiro atoms. The van der Waals surface area contributed by atoms with Crippen molar-refractivity contribution in [2.24, 2.45) is 5.73 Å². The van der Waals surface area contributed by atoms with Gasteiger partial charge in [0.15, 0.2) is 5.75 Å². The van der Waals surface area contributed by atoms with Gasteiger partial charge < -0.3 is 15.9 Å². The Morgan fingerprint density at radius 2 is 1.68 bits per heavy atom. The fourth-order valence-electron chi connectivity index (χ4n) is 2.71. The molecule has 1 unspecified atom stereocenters. The number of hydrogen-bond donors (Lipinski definition) is 3. The van der Waals surface area contributed by atoms with Gasteiger partial charge in [0.25, 0.3) is 0 Å².